The Morgan fingerprint density at radius 1 is 0.830 bits per heavy atom. The van der Waals surface area contributed by atoms with Crippen molar-refractivity contribution in [3.05, 3.63) is 108 Å². The van der Waals surface area contributed by atoms with Crippen LogP contribution in [0.1, 0.15) is 76.0 Å². The number of piperidine rings is 1. The maximum Gasteiger partial charge on any atom is 0.407 e. The van der Waals surface area contributed by atoms with E-state index in [2.05, 4.69) is 64.1 Å². The lowest BCUT2D eigenvalue weighted by molar-refractivity contribution is -0.127. The number of rotatable bonds is 16. The highest BCUT2D eigenvalue weighted by Crippen LogP contribution is 2.20. The molecule has 3 atom stereocenters. The molecule has 0 bridgehead atoms. The topological polar surface area (TPSA) is 90.9 Å². The molecule has 0 aromatic heterocycles. The number of carbonyl (C=O) groups excluding carboxylic acids is 2. The van der Waals surface area contributed by atoms with Crippen molar-refractivity contribution in [1.29, 1.82) is 0 Å². The molecule has 3 N–H and O–H groups in total. The van der Waals surface area contributed by atoms with E-state index < -0.39 is 23.8 Å². The minimum Gasteiger partial charge on any atom is -0.444 e. The van der Waals surface area contributed by atoms with Crippen molar-refractivity contribution in [3.8, 4) is 0 Å². The largest absolute Gasteiger partial charge is 0.444 e. The van der Waals surface area contributed by atoms with Crippen LogP contribution < -0.4 is 10.6 Å². The smallest absolute Gasteiger partial charge is 0.407 e. The predicted octanol–water partition coefficient (Wildman–Crippen LogP) is 6.73. The zero-order chi connectivity index (χ0) is 33.5. The Morgan fingerprint density at radius 2 is 1.36 bits per heavy atom. The van der Waals surface area contributed by atoms with Gasteiger partial charge in [0, 0.05) is 19.1 Å². The van der Waals surface area contributed by atoms with Crippen molar-refractivity contribution in [2.24, 2.45) is 5.92 Å². The monoisotopic (exact) mass is 641 g/mol. The van der Waals surface area contributed by atoms with Gasteiger partial charge >= 0.3 is 6.09 Å². The van der Waals surface area contributed by atoms with E-state index >= 15 is 0 Å². The Kier molecular flexibility index (Phi) is 14.3. The van der Waals surface area contributed by atoms with Gasteiger partial charge in [0.05, 0.1) is 18.1 Å². The summed E-state index contributed by atoms with van der Waals surface area (Å²) in [5.74, 6) is -0.0191. The molecule has 47 heavy (non-hydrogen) atoms. The number of hydrogen-bond donors (Lipinski definition) is 3. The first-order chi connectivity index (χ1) is 22.6. The lowest BCUT2D eigenvalue weighted by Gasteiger charge is -2.36. The number of aliphatic hydroxyl groups excluding tert-OH is 1. The van der Waals surface area contributed by atoms with Crippen molar-refractivity contribution in [2.75, 3.05) is 19.6 Å². The Bertz CT molecular complexity index is 1280. The van der Waals surface area contributed by atoms with E-state index in [0.29, 0.717) is 19.5 Å². The van der Waals surface area contributed by atoms with Gasteiger partial charge in [-0.25, -0.2) is 4.79 Å². The van der Waals surface area contributed by atoms with Crippen LogP contribution in [0.15, 0.2) is 91.0 Å². The van der Waals surface area contributed by atoms with Crippen molar-refractivity contribution < 1.29 is 19.4 Å². The quantitative estimate of drug-likeness (QED) is 0.162. The van der Waals surface area contributed by atoms with Crippen LogP contribution in [0.25, 0.3) is 0 Å². The van der Waals surface area contributed by atoms with E-state index in [1.165, 1.54) is 11.1 Å². The Balaban J connectivity index is 1.33. The Labute approximate surface area is 282 Å². The van der Waals surface area contributed by atoms with Crippen molar-refractivity contribution >= 4 is 12.0 Å². The minimum absolute atomic E-state index is 0.112. The summed E-state index contributed by atoms with van der Waals surface area (Å²) in [7, 11) is 0. The molecule has 3 unspecified atom stereocenters. The third kappa shape index (κ3) is 13.5. The number of aliphatic hydroxyl groups is 1. The Morgan fingerprint density at radius 3 is 1.89 bits per heavy atom. The number of β-amino-alcohol motifs (C(OH)–C–C–N with tert-alkyl or cyclic N) is 1. The fourth-order valence-corrected chi connectivity index (χ4v) is 6.44. The normalized spacial score (nSPS) is 16.7. The SMILES string of the molecule is CC(C)(C)OC(=O)NC(Cc1ccccc1)C(O)CN1CCCC(C(=O)NC(CCCc2ccccc2)CCCc2ccccc2)C1. The van der Waals surface area contributed by atoms with Gasteiger partial charge in [0.25, 0.3) is 0 Å². The third-order valence-electron chi connectivity index (χ3n) is 8.85. The van der Waals surface area contributed by atoms with Gasteiger partial charge < -0.3 is 20.5 Å². The maximum absolute atomic E-state index is 13.7. The molecule has 3 aromatic carbocycles. The lowest BCUT2D eigenvalue weighted by Crippen LogP contribution is -2.53. The average molecular weight is 642 g/mol. The zero-order valence-corrected chi connectivity index (χ0v) is 28.6. The molecule has 7 nitrogen and oxygen atoms in total. The summed E-state index contributed by atoms with van der Waals surface area (Å²) in [6.45, 7) is 7.24. The molecule has 0 aliphatic carbocycles. The summed E-state index contributed by atoms with van der Waals surface area (Å²) >= 11 is 0. The highest BCUT2D eigenvalue weighted by molar-refractivity contribution is 5.79. The number of amides is 2. The summed E-state index contributed by atoms with van der Waals surface area (Å²) < 4.78 is 5.51. The number of hydrogen-bond acceptors (Lipinski definition) is 5. The second kappa shape index (κ2) is 18.6. The van der Waals surface area contributed by atoms with E-state index in [0.717, 1.165) is 63.5 Å². The zero-order valence-electron chi connectivity index (χ0n) is 28.6. The molecule has 0 spiro atoms. The molecule has 1 saturated heterocycles. The van der Waals surface area contributed by atoms with Crippen LogP contribution in [0, 0.1) is 5.92 Å². The first-order valence-electron chi connectivity index (χ1n) is 17.5. The molecule has 3 aromatic rings. The number of ether oxygens (including phenoxy) is 1. The predicted molar refractivity (Wildman–Crippen MR) is 189 cm³/mol. The molecule has 2 amide bonds. The van der Waals surface area contributed by atoms with E-state index in [1.807, 2.05) is 63.2 Å². The molecule has 1 aliphatic rings. The number of aryl methyl sites for hydroxylation is 2. The molecule has 0 saturated carbocycles. The number of nitrogens with zero attached hydrogens (tertiary/aromatic N) is 1. The molecular weight excluding hydrogens is 586 g/mol. The van der Waals surface area contributed by atoms with Crippen LogP contribution in [0.2, 0.25) is 0 Å². The molecule has 4 rings (SSSR count). The van der Waals surface area contributed by atoms with Gasteiger partial charge in [-0.15, -0.1) is 0 Å². The molecular formula is C40H55N3O4. The highest BCUT2D eigenvalue weighted by Gasteiger charge is 2.31. The number of benzene rings is 3. The number of carbonyl (C=O) groups is 2. The molecule has 254 valence electrons. The summed E-state index contributed by atoms with van der Waals surface area (Å²) in [4.78, 5) is 28.6. The standard InChI is InChI=1S/C40H55N3O4/c1-40(2,3)47-39(46)42-36(28-33-20-11-6-12-21-33)37(44)30-43-27-15-24-34(29-43)38(45)41-35(25-13-22-31-16-7-4-8-17-31)26-14-23-32-18-9-5-10-19-32/h4-12,16-21,34-37,44H,13-15,22-30H2,1-3H3,(H,41,45)(H,42,46). The first kappa shape index (κ1) is 36.2. The van der Waals surface area contributed by atoms with Gasteiger partial charge in [0.2, 0.25) is 5.91 Å². The van der Waals surface area contributed by atoms with Crippen LogP contribution in [0.4, 0.5) is 4.79 Å². The first-order valence-corrected chi connectivity index (χ1v) is 17.5. The summed E-state index contributed by atoms with van der Waals surface area (Å²) in [5.41, 5.74) is 3.04. The van der Waals surface area contributed by atoms with Gasteiger partial charge in [-0.2, -0.15) is 0 Å². The number of nitrogens with one attached hydrogen (secondary N) is 2. The van der Waals surface area contributed by atoms with E-state index in [9.17, 15) is 14.7 Å². The van der Waals surface area contributed by atoms with E-state index in [4.69, 9.17) is 4.74 Å². The number of alkyl carbamates (subject to hydrolysis) is 1. The summed E-state index contributed by atoms with van der Waals surface area (Å²) in [6.07, 6.45) is 6.78. The molecule has 1 fully saturated rings. The Hall–Kier alpha value is -3.68. The van der Waals surface area contributed by atoms with Crippen LogP contribution in [0.3, 0.4) is 0 Å². The minimum atomic E-state index is -0.826. The van der Waals surface area contributed by atoms with Crippen LogP contribution in [0.5, 0.6) is 0 Å². The van der Waals surface area contributed by atoms with Crippen molar-refractivity contribution in [3.63, 3.8) is 0 Å². The average Bonchev–Trinajstić information content (AvgIpc) is 3.05. The summed E-state index contributed by atoms with van der Waals surface area (Å²) in [5, 5.41) is 17.8. The molecule has 7 heteroatoms. The van der Waals surface area contributed by atoms with Crippen LogP contribution >= 0.6 is 0 Å². The fourth-order valence-electron chi connectivity index (χ4n) is 6.44. The second-order valence-corrected chi connectivity index (χ2v) is 14.1. The van der Waals surface area contributed by atoms with Crippen molar-refractivity contribution in [1.82, 2.24) is 15.5 Å². The summed E-state index contributed by atoms with van der Waals surface area (Å²) in [6, 6.07) is 30.5. The maximum atomic E-state index is 13.7. The van der Waals surface area contributed by atoms with Gasteiger partial charge in [-0.05, 0) is 102 Å². The fraction of sp³-hybridized carbons (Fsp3) is 0.500. The second-order valence-electron chi connectivity index (χ2n) is 14.1. The van der Waals surface area contributed by atoms with E-state index in [-0.39, 0.29) is 17.9 Å². The molecule has 1 aliphatic heterocycles. The van der Waals surface area contributed by atoms with Gasteiger partial charge in [-0.3, -0.25) is 9.69 Å². The van der Waals surface area contributed by atoms with E-state index in [1.54, 1.807) is 0 Å². The third-order valence-corrected chi connectivity index (χ3v) is 8.85. The molecule has 1 heterocycles. The van der Waals surface area contributed by atoms with Crippen LogP contribution in [-0.2, 0) is 28.8 Å². The van der Waals surface area contributed by atoms with Gasteiger partial charge in [0.1, 0.15) is 5.60 Å². The van der Waals surface area contributed by atoms with Gasteiger partial charge in [-0.1, -0.05) is 91.0 Å². The number of likely N-dealkylation sites (tertiary alicyclic amines) is 1. The molecule has 0 radical (unpaired) electrons. The van der Waals surface area contributed by atoms with Crippen molar-refractivity contribution in [2.45, 2.75) is 102 Å². The van der Waals surface area contributed by atoms with Crippen LogP contribution in [-0.4, -0.2) is 65.4 Å². The lowest BCUT2D eigenvalue weighted by atomic mass is 9.94. The van der Waals surface area contributed by atoms with Gasteiger partial charge in [0.15, 0.2) is 0 Å². The highest BCUT2D eigenvalue weighted by atomic mass is 16.6.